The van der Waals surface area contributed by atoms with Gasteiger partial charge in [0.25, 0.3) is 0 Å². The third-order valence-electron chi connectivity index (χ3n) is 5.34. The summed E-state index contributed by atoms with van der Waals surface area (Å²) in [7, 11) is 0. The number of nitrogens with zero attached hydrogens (tertiary/aromatic N) is 3. The molecular weight excluding hydrogens is 342 g/mol. The number of H-pyrrole nitrogens is 1. The first-order valence-electron chi connectivity index (χ1n) is 9.36. The Hall–Kier alpha value is -3.16. The monoisotopic (exact) mass is 363 g/mol. The zero-order valence-electron chi connectivity index (χ0n) is 14.8. The number of aromatic nitrogens is 4. The average molecular weight is 363 g/mol. The molecule has 0 spiro atoms. The van der Waals surface area contributed by atoms with E-state index in [0.29, 0.717) is 23.2 Å². The molecular formula is C19H21N7O. The number of benzene rings is 1. The van der Waals surface area contributed by atoms with Crippen molar-refractivity contribution in [1.82, 2.24) is 19.9 Å². The maximum absolute atomic E-state index is 11.7. The van der Waals surface area contributed by atoms with Crippen LogP contribution in [0.2, 0.25) is 0 Å². The number of rotatable bonds is 3. The van der Waals surface area contributed by atoms with Crippen LogP contribution < -0.4 is 16.0 Å². The predicted octanol–water partition coefficient (Wildman–Crippen LogP) is 2.86. The molecule has 0 saturated heterocycles. The predicted molar refractivity (Wildman–Crippen MR) is 104 cm³/mol. The van der Waals surface area contributed by atoms with Gasteiger partial charge in [-0.05, 0) is 31.4 Å². The number of hydrogen-bond acceptors (Lipinski definition) is 6. The molecule has 8 nitrogen and oxygen atoms in total. The van der Waals surface area contributed by atoms with E-state index in [2.05, 4.69) is 37.0 Å². The minimum atomic E-state index is -0.0795. The summed E-state index contributed by atoms with van der Waals surface area (Å²) in [5.74, 6) is 2.70. The summed E-state index contributed by atoms with van der Waals surface area (Å²) in [4.78, 5) is 28.5. The number of fused-ring (bicyclic) bond motifs is 2. The van der Waals surface area contributed by atoms with Crippen molar-refractivity contribution >= 4 is 34.3 Å². The van der Waals surface area contributed by atoms with Gasteiger partial charge in [-0.2, -0.15) is 0 Å². The van der Waals surface area contributed by atoms with Gasteiger partial charge in [0, 0.05) is 12.0 Å². The van der Waals surface area contributed by atoms with Crippen molar-refractivity contribution in [3.05, 3.63) is 36.4 Å². The molecule has 4 N–H and O–H groups in total. The average Bonchev–Trinajstić information content (AvgIpc) is 3.13. The normalized spacial score (nSPS) is 22.0. The summed E-state index contributed by atoms with van der Waals surface area (Å²) in [6.45, 7) is 0.237. The van der Waals surface area contributed by atoms with E-state index in [1.54, 1.807) is 0 Å². The van der Waals surface area contributed by atoms with Gasteiger partial charge in [-0.15, -0.1) is 0 Å². The lowest BCUT2D eigenvalue weighted by Crippen LogP contribution is -2.31. The third kappa shape index (κ3) is 3.07. The summed E-state index contributed by atoms with van der Waals surface area (Å²) in [6, 6.07) is 8.41. The molecule has 27 heavy (non-hydrogen) atoms. The Morgan fingerprint density at radius 2 is 2.07 bits per heavy atom. The van der Waals surface area contributed by atoms with E-state index < -0.39 is 0 Å². The van der Waals surface area contributed by atoms with Crippen LogP contribution >= 0.6 is 0 Å². The van der Waals surface area contributed by atoms with Gasteiger partial charge < -0.3 is 20.9 Å². The summed E-state index contributed by atoms with van der Waals surface area (Å²) in [5.41, 5.74) is 2.74. The molecule has 1 aliphatic heterocycles. The van der Waals surface area contributed by atoms with Crippen LogP contribution in [0.15, 0.2) is 30.6 Å². The SMILES string of the molecule is O=C1CNc2ncnc(NC3CCCC(c4nc5ccccc5[nH]4)C3)c2N1. The van der Waals surface area contributed by atoms with Crippen molar-refractivity contribution < 1.29 is 4.79 Å². The van der Waals surface area contributed by atoms with Gasteiger partial charge in [0.1, 0.15) is 17.8 Å². The summed E-state index contributed by atoms with van der Waals surface area (Å²) < 4.78 is 0. The number of para-hydroxylation sites is 2. The van der Waals surface area contributed by atoms with Gasteiger partial charge in [0.2, 0.25) is 5.91 Å². The molecule has 2 atom stereocenters. The molecule has 2 aliphatic rings. The molecule has 2 aromatic heterocycles. The first-order chi connectivity index (χ1) is 13.3. The Labute approximate surface area is 156 Å². The van der Waals surface area contributed by atoms with E-state index in [4.69, 9.17) is 4.98 Å². The Kier molecular flexibility index (Phi) is 3.88. The smallest absolute Gasteiger partial charge is 0.243 e. The zero-order valence-corrected chi connectivity index (χ0v) is 14.8. The van der Waals surface area contributed by atoms with Gasteiger partial charge in [0.15, 0.2) is 11.6 Å². The lowest BCUT2D eigenvalue weighted by atomic mass is 9.85. The molecule has 138 valence electrons. The van der Waals surface area contributed by atoms with E-state index in [1.165, 1.54) is 6.33 Å². The van der Waals surface area contributed by atoms with Gasteiger partial charge >= 0.3 is 0 Å². The Morgan fingerprint density at radius 3 is 3.00 bits per heavy atom. The summed E-state index contributed by atoms with van der Waals surface area (Å²) in [6.07, 6.45) is 5.80. The van der Waals surface area contributed by atoms with Crippen LogP contribution in [0.1, 0.15) is 37.4 Å². The lowest BCUT2D eigenvalue weighted by molar-refractivity contribution is -0.114. The number of nitrogens with one attached hydrogen (secondary N) is 4. The number of aromatic amines is 1. The first kappa shape index (κ1) is 16.0. The van der Waals surface area contributed by atoms with Crippen LogP contribution in [0.3, 0.4) is 0 Å². The second kappa shape index (κ2) is 6.53. The highest BCUT2D eigenvalue weighted by Crippen LogP contribution is 2.36. The molecule has 1 amide bonds. The second-order valence-corrected chi connectivity index (χ2v) is 7.19. The highest BCUT2D eigenvalue weighted by atomic mass is 16.2. The first-order valence-corrected chi connectivity index (χ1v) is 9.36. The van der Waals surface area contributed by atoms with Crippen LogP contribution in [0.4, 0.5) is 17.3 Å². The van der Waals surface area contributed by atoms with Crippen LogP contribution in [-0.4, -0.2) is 38.4 Å². The van der Waals surface area contributed by atoms with Crippen molar-refractivity contribution in [1.29, 1.82) is 0 Å². The molecule has 0 bridgehead atoms. The fourth-order valence-corrected chi connectivity index (χ4v) is 4.02. The van der Waals surface area contributed by atoms with Crippen LogP contribution in [0.25, 0.3) is 11.0 Å². The molecule has 1 saturated carbocycles. The molecule has 1 aliphatic carbocycles. The zero-order chi connectivity index (χ0) is 18.2. The van der Waals surface area contributed by atoms with Gasteiger partial charge in [-0.1, -0.05) is 18.6 Å². The minimum Gasteiger partial charge on any atom is -0.365 e. The topological polar surface area (TPSA) is 108 Å². The molecule has 5 rings (SSSR count). The van der Waals surface area contributed by atoms with E-state index >= 15 is 0 Å². The molecule has 3 heterocycles. The maximum Gasteiger partial charge on any atom is 0.243 e. The molecule has 2 unspecified atom stereocenters. The van der Waals surface area contributed by atoms with E-state index in [-0.39, 0.29) is 18.5 Å². The highest BCUT2D eigenvalue weighted by Gasteiger charge is 2.27. The fourth-order valence-electron chi connectivity index (χ4n) is 4.02. The molecule has 0 radical (unpaired) electrons. The maximum atomic E-state index is 11.7. The van der Waals surface area contributed by atoms with Crippen molar-refractivity contribution in [2.24, 2.45) is 0 Å². The van der Waals surface area contributed by atoms with Crippen LogP contribution in [0.5, 0.6) is 0 Å². The quantitative estimate of drug-likeness (QED) is 0.570. The van der Waals surface area contributed by atoms with E-state index in [0.717, 1.165) is 42.5 Å². The summed E-state index contributed by atoms with van der Waals surface area (Å²) >= 11 is 0. The van der Waals surface area contributed by atoms with Crippen molar-refractivity contribution in [2.45, 2.75) is 37.6 Å². The Balaban J connectivity index is 1.35. The van der Waals surface area contributed by atoms with E-state index in [9.17, 15) is 4.79 Å². The second-order valence-electron chi connectivity index (χ2n) is 7.19. The highest BCUT2D eigenvalue weighted by molar-refractivity contribution is 6.02. The largest absolute Gasteiger partial charge is 0.365 e. The standard InChI is InChI=1S/C19H21N7O/c27-15-9-20-18-16(26-15)19(22-10-21-18)23-12-5-3-4-11(8-12)17-24-13-6-1-2-7-14(13)25-17/h1-2,6-7,10-12H,3-5,8-9H2,(H,24,25)(H,26,27)(H2,20,21,22,23). The van der Waals surface area contributed by atoms with Gasteiger partial charge in [-0.25, -0.2) is 15.0 Å². The number of amides is 1. The molecule has 1 fully saturated rings. The molecule has 3 aromatic rings. The van der Waals surface area contributed by atoms with Crippen molar-refractivity contribution in [2.75, 3.05) is 22.5 Å². The number of carbonyl (C=O) groups excluding carboxylic acids is 1. The Bertz CT molecular complexity index is 966. The fraction of sp³-hybridized carbons (Fsp3) is 0.368. The van der Waals surface area contributed by atoms with Crippen LogP contribution in [-0.2, 0) is 4.79 Å². The van der Waals surface area contributed by atoms with E-state index in [1.807, 2.05) is 18.2 Å². The molecule has 1 aromatic carbocycles. The minimum absolute atomic E-state index is 0.0795. The third-order valence-corrected chi connectivity index (χ3v) is 5.34. The number of carbonyl (C=O) groups is 1. The van der Waals surface area contributed by atoms with Crippen molar-refractivity contribution in [3.63, 3.8) is 0 Å². The van der Waals surface area contributed by atoms with Gasteiger partial charge in [-0.3, -0.25) is 4.79 Å². The van der Waals surface area contributed by atoms with Crippen molar-refractivity contribution in [3.8, 4) is 0 Å². The molecule has 8 heteroatoms. The number of anilines is 3. The number of imidazole rings is 1. The Morgan fingerprint density at radius 1 is 1.15 bits per heavy atom. The lowest BCUT2D eigenvalue weighted by Gasteiger charge is -2.30. The summed E-state index contributed by atoms with van der Waals surface area (Å²) in [5, 5.41) is 9.41. The number of hydrogen-bond donors (Lipinski definition) is 4. The van der Waals surface area contributed by atoms with Crippen LogP contribution in [0, 0.1) is 0 Å². The van der Waals surface area contributed by atoms with Gasteiger partial charge in [0.05, 0.1) is 17.6 Å².